The van der Waals surface area contributed by atoms with Gasteiger partial charge in [0.2, 0.25) is 5.88 Å². The molecule has 1 N–H and O–H groups in total. The van der Waals surface area contributed by atoms with Gasteiger partial charge in [0, 0.05) is 20.8 Å². The number of amides is 1. The van der Waals surface area contributed by atoms with Crippen molar-refractivity contribution in [2.45, 2.75) is 26.4 Å². The molecule has 2 rings (SSSR count). The molecule has 0 saturated heterocycles. The summed E-state index contributed by atoms with van der Waals surface area (Å²) >= 11 is 9.91. The molecule has 0 saturated carbocycles. The van der Waals surface area contributed by atoms with Crippen LogP contribution in [0.1, 0.15) is 20.3 Å². The second kappa shape index (κ2) is 10.1. The normalized spacial score (nSPS) is 13.5. The standard InChI is InChI=1S/C19H20ClIN2O2S/c1-4-16(25-19-15(20)9-14(21)11-23-19)18(24)22-10-12(3)8-13-6-7-26-17(13)5-2/h5-9,11,16H,3-4,10H2,1-2H3,(H,22,24)/b13-8-,17-5+. The van der Waals surface area contributed by atoms with Gasteiger partial charge in [0.25, 0.3) is 5.91 Å². The molecule has 0 fully saturated rings. The molecule has 0 aliphatic rings. The second-order valence-electron chi connectivity index (χ2n) is 5.50. The molecule has 4 nitrogen and oxygen atoms in total. The van der Waals surface area contributed by atoms with Gasteiger partial charge in [-0.2, -0.15) is 0 Å². The van der Waals surface area contributed by atoms with E-state index >= 15 is 0 Å². The summed E-state index contributed by atoms with van der Waals surface area (Å²) in [5, 5.41) is 6.39. The van der Waals surface area contributed by atoms with Gasteiger partial charge in [0.15, 0.2) is 6.10 Å². The van der Waals surface area contributed by atoms with Crippen molar-refractivity contribution in [1.82, 2.24) is 10.3 Å². The molecule has 0 aromatic carbocycles. The first kappa shape index (κ1) is 20.9. The van der Waals surface area contributed by atoms with Gasteiger partial charge in [-0.15, -0.1) is 11.3 Å². The molecule has 1 atom stereocenters. The zero-order valence-corrected chi connectivity index (χ0v) is 18.3. The Labute approximate surface area is 175 Å². The first-order valence-corrected chi connectivity index (χ1v) is 10.4. The molecule has 0 radical (unpaired) electrons. The fourth-order valence-corrected chi connectivity index (χ4v) is 3.82. The zero-order valence-electron chi connectivity index (χ0n) is 14.6. The van der Waals surface area contributed by atoms with E-state index in [1.165, 1.54) is 4.53 Å². The minimum atomic E-state index is -0.659. The quantitative estimate of drug-likeness (QED) is 0.590. The van der Waals surface area contributed by atoms with Crippen LogP contribution < -0.4 is 19.8 Å². The number of carbonyl (C=O) groups excluding carboxylic acids is 1. The van der Waals surface area contributed by atoms with Gasteiger partial charge >= 0.3 is 0 Å². The predicted octanol–water partition coefficient (Wildman–Crippen LogP) is 3.51. The van der Waals surface area contributed by atoms with E-state index in [9.17, 15) is 4.79 Å². The van der Waals surface area contributed by atoms with E-state index in [4.69, 9.17) is 16.3 Å². The molecule has 0 aliphatic carbocycles. The Kier molecular flexibility index (Phi) is 8.12. The van der Waals surface area contributed by atoms with Crippen LogP contribution in [0, 0.1) is 3.57 Å². The largest absolute Gasteiger partial charge is 0.463 e. The molecule has 7 heteroatoms. The highest BCUT2D eigenvalue weighted by molar-refractivity contribution is 14.1. The van der Waals surface area contributed by atoms with E-state index in [0.717, 1.165) is 14.4 Å². The van der Waals surface area contributed by atoms with Gasteiger partial charge in [0.1, 0.15) is 5.02 Å². The van der Waals surface area contributed by atoms with Gasteiger partial charge in [-0.3, -0.25) is 4.79 Å². The maximum absolute atomic E-state index is 12.4. The van der Waals surface area contributed by atoms with Crippen molar-refractivity contribution in [2.75, 3.05) is 6.54 Å². The number of rotatable bonds is 7. The van der Waals surface area contributed by atoms with Gasteiger partial charge < -0.3 is 10.1 Å². The van der Waals surface area contributed by atoms with E-state index in [2.05, 4.69) is 45.5 Å². The summed E-state index contributed by atoms with van der Waals surface area (Å²) in [5.74, 6) is 0.0481. The lowest BCUT2D eigenvalue weighted by Crippen LogP contribution is -2.39. The number of halogens is 2. The molecular weight excluding hydrogens is 483 g/mol. The first-order chi connectivity index (χ1) is 12.4. The monoisotopic (exact) mass is 502 g/mol. The number of carbonyl (C=O) groups is 1. The van der Waals surface area contributed by atoms with Gasteiger partial charge in [-0.25, -0.2) is 4.98 Å². The highest BCUT2D eigenvalue weighted by Crippen LogP contribution is 2.24. The number of nitrogens with one attached hydrogen (secondary N) is 1. The third kappa shape index (κ3) is 5.82. The Hall–Kier alpha value is -1.38. The number of hydrogen-bond acceptors (Lipinski definition) is 4. The smallest absolute Gasteiger partial charge is 0.261 e. The van der Waals surface area contributed by atoms with Gasteiger partial charge in [0.05, 0.1) is 0 Å². The average Bonchev–Trinajstić information content (AvgIpc) is 3.06. The highest BCUT2D eigenvalue weighted by Gasteiger charge is 2.20. The van der Waals surface area contributed by atoms with E-state index < -0.39 is 6.10 Å². The lowest BCUT2D eigenvalue weighted by Gasteiger charge is -2.17. The number of pyridine rings is 1. The summed E-state index contributed by atoms with van der Waals surface area (Å²) in [6.45, 7) is 8.24. The molecule has 2 aromatic rings. The first-order valence-electron chi connectivity index (χ1n) is 8.09. The summed E-state index contributed by atoms with van der Waals surface area (Å²) in [6, 6.07) is 3.78. The van der Waals surface area contributed by atoms with Crippen molar-refractivity contribution in [3.63, 3.8) is 0 Å². The molecule has 26 heavy (non-hydrogen) atoms. The van der Waals surface area contributed by atoms with Crippen LogP contribution in [0.2, 0.25) is 5.02 Å². The number of ether oxygens (including phenoxy) is 1. The molecule has 2 aromatic heterocycles. The SMILES string of the molecule is C=C(/C=c1/ccs/c1=C/C)CNC(=O)C(CC)Oc1ncc(I)cc1Cl. The maximum Gasteiger partial charge on any atom is 0.261 e. The summed E-state index contributed by atoms with van der Waals surface area (Å²) in [7, 11) is 0. The van der Waals surface area contributed by atoms with E-state index in [1.807, 2.05) is 31.4 Å². The number of thiophene rings is 1. The molecule has 0 bridgehead atoms. The Bertz CT molecular complexity index is 911. The van der Waals surface area contributed by atoms with E-state index in [1.54, 1.807) is 23.6 Å². The van der Waals surface area contributed by atoms with Crippen molar-refractivity contribution in [2.24, 2.45) is 0 Å². The van der Waals surface area contributed by atoms with Crippen LogP contribution >= 0.6 is 45.5 Å². The molecule has 138 valence electrons. The molecular formula is C19H20ClIN2O2S. The van der Waals surface area contributed by atoms with Crippen molar-refractivity contribution < 1.29 is 9.53 Å². The van der Waals surface area contributed by atoms with Crippen molar-refractivity contribution in [1.29, 1.82) is 0 Å². The Morgan fingerprint density at radius 3 is 3.00 bits per heavy atom. The summed E-state index contributed by atoms with van der Waals surface area (Å²) in [6.07, 6.45) is 5.53. The van der Waals surface area contributed by atoms with Gasteiger partial charge in [-0.1, -0.05) is 31.2 Å². The van der Waals surface area contributed by atoms with Crippen LogP contribution in [0.4, 0.5) is 0 Å². The highest BCUT2D eigenvalue weighted by atomic mass is 127. The van der Waals surface area contributed by atoms with Crippen LogP contribution in [0.25, 0.3) is 12.2 Å². The van der Waals surface area contributed by atoms with Crippen LogP contribution in [-0.2, 0) is 4.79 Å². The second-order valence-corrected chi connectivity index (χ2v) is 8.11. The van der Waals surface area contributed by atoms with Crippen molar-refractivity contribution >= 4 is 63.6 Å². The van der Waals surface area contributed by atoms with Crippen molar-refractivity contribution in [3.05, 3.63) is 54.2 Å². The minimum Gasteiger partial charge on any atom is -0.463 e. The fraction of sp³-hybridized carbons (Fsp3) is 0.263. The topological polar surface area (TPSA) is 51.2 Å². The fourth-order valence-electron chi connectivity index (χ4n) is 2.22. The van der Waals surface area contributed by atoms with Crippen LogP contribution in [0.5, 0.6) is 5.88 Å². The zero-order chi connectivity index (χ0) is 19.1. The molecule has 0 spiro atoms. The predicted molar refractivity (Wildman–Crippen MR) is 117 cm³/mol. The Morgan fingerprint density at radius 2 is 2.35 bits per heavy atom. The minimum absolute atomic E-state index is 0.217. The molecule has 0 aliphatic heterocycles. The Balaban J connectivity index is 1.99. The van der Waals surface area contributed by atoms with Gasteiger partial charge in [-0.05, 0) is 70.3 Å². The van der Waals surface area contributed by atoms with Crippen molar-refractivity contribution in [3.8, 4) is 5.88 Å². The summed E-state index contributed by atoms with van der Waals surface area (Å²) in [4.78, 5) is 16.6. The third-order valence-corrected chi connectivity index (χ3v) is 5.39. The molecule has 1 unspecified atom stereocenters. The average molecular weight is 503 g/mol. The lowest BCUT2D eigenvalue weighted by atomic mass is 10.2. The third-order valence-electron chi connectivity index (χ3n) is 3.53. The van der Waals surface area contributed by atoms with E-state index in [-0.39, 0.29) is 11.8 Å². The molecule has 2 heterocycles. The molecule has 1 amide bonds. The lowest BCUT2D eigenvalue weighted by molar-refractivity contribution is -0.128. The van der Waals surface area contributed by atoms with E-state index in [0.29, 0.717) is 18.0 Å². The van der Waals surface area contributed by atoms with Crippen LogP contribution in [-0.4, -0.2) is 23.5 Å². The Morgan fingerprint density at radius 1 is 1.58 bits per heavy atom. The number of hydrogen-bond donors (Lipinski definition) is 1. The van der Waals surface area contributed by atoms with Crippen LogP contribution in [0.15, 0.2) is 35.9 Å². The maximum atomic E-state index is 12.4. The summed E-state index contributed by atoms with van der Waals surface area (Å²) < 4.78 is 7.78. The number of aromatic nitrogens is 1. The van der Waals surface area contributed by atoms with Crippen LogP contribution in [0.3, 0.4) is 0 Å². The summed E-state index contributed by atoms with van der Waals surface area (Å²) in [5.41, 5.74) is 0.820. The number of nitrogens with zero attached hydrogens (tertiary/aromatic N) is 1.